The smallest absolute Gasteiger partial charge is 0.0210 e. The first-order valence-corrected chi connectivity index (χ1v) is 6.53. The first kappa shape index (κ1) is 11.7. The highest BCUT2D eigenvalue weighted by Gasteiger charge is 2.19. The second kappa shape index (κ2) is 5.49. The predicted molar refractivity (Wildman–Crippen MR) is 69.6 cm³/mol. The molecule has 0 bridgehead atoms. The standard InChI is InChI=1S/C15H23N/c1-12-5-3-6-13(2)15(12)11-16-10-4-7-14-8-9-14/h3,5-6,14,16H,4,7-11H2,1-2H3. The summed E-state index contributed by atoms with van der Waals surface area (Å²) in [7, 11) is 0. The molecule has 88 valence electrons. The van der Waals surface area contributed by atoms with Crippen molar-refractivity contribution in [3.8, 4) is 0 Å². The van der Waals surface area contributed by atoms with Crippen molar-refractivity contribution in [3.05, 3.63) is 34.9 Å². The summed E-state index contributed by atoms with van der Waals surface area (Å²) in [6.45, 7) is 6.61. The van der Waals surface area contributed by atoms with Crippen LogP contribution in [-0.4, -0.2) is 6.54 Å². The molecular weight excluding hydrogens is 194 g/mol. The monoisotopic (exact) mass is 217 g/mol. The summed E-state index contributed by atoms with van der Waals surface area (Å²) >= 11 is 0. The number of rotatable bonds is 6. The molecule has 1 aromatic carbocycles. The van der Waals surface area contributed by atoms with Crippen LogP contribution in [0.3, 0.4) is 0 Å². The highest BCUT2D eigenvalue weighted by atomic mass is 14.8. The summed E-state index contributed by atoms with van der Waals surface area (Å²) in [5, 5.41) is 3.57. The topological polar surface area (TPSA) is 12.0 Å². The van der Waals surface area contributed by atoms with Crippen LogP contribution in [0.5, 0.6) is 0 Å². The van der Waals surface area contributed by atoms with Crippen LogP contribution in [-0.2, 0) is 6.54 Å². The van der Waals surface area contributed by atoms with Gasteiger partial charge in [-0.15, -0.1) is 0 Å². The lowest BCUT2D eigenvalue weighted by Crippen LogP contribution is -2.16. The first-order valence-electron chi connectivity index (χ1n) is 6.53. The number of nitrogens with one attached hydrogen (secondary N) is 1. The van der Waals surface area contributed by atoms with Gasteiger partial charge in [0.2, 0.25) is 0 Å². The SMILES string of the molecule is Cc1cccc(C)c1CNCCCC1CC1. The van der Waals surface area contributed by atoms with Gasteiger partial charge in [0.25, 0.3) is 0 Å². The van der Waals surface area contributed by atoms with Crippen molar-refractivity contribution in [1.29, 1.82) is 0 Å². The van der Waals surface area contributed by atoms with Gasteiger partial charge in [0, 0.05) is 6.54 Å². The van der Waals surface area contributed by atoms with E-state index in [1.165, 1.54) is 48.9 Å². The van der Waals surface area contributed by atoms with Crippen LogP contribution in [0.2, 0.25) is 0 Å². The van der Waals surface area contributed by atoms with Gasteiger partial charge in [-0.25, -0.2) is 0 Å². The molecule has 1 saturated carbocycles. The van der Waals surface area contributed by atoms with E-state index in [-0.39, 0.29) is 0 Å². The van der Waals surface area contributed by atoms with Gasteiger partial charge in [0.15, 0.2) is 0 Å². The summed E-state index contributed by atoms with van der Waals surface area (Å²) < 4.78 is 0. The molecule has 0 aliphatic heterocycles. The molecule has 0 amide bonds. The fraction of sp³-hybridized carbons (Fsp3) is 0.600. The van der Waals surface area contributed by atoms with Crippen LogP contribution in [0.15, 0.2) is 18.2 Å². The minimum absolute atomic E-state index is 1.03. The van der Waals surface area contributed by atoms with Crippen molar-refractivity contribution in [2.45, 2.75) is 46.1 Å². The van der Waals surface area contributed by atoms with E-state index in [2.05, 4.69) is 37.4 Å². The molecular formula is C15H23N. The average molecular weight is 217 g/mol. The van der Waals surface area contributed by atoms with Gasteiger partial charge in [0.05, 0.1) is 0 Å². The molecule has 16 heavy (non-hydrogen) atoms. The van der Waals surface area contributed by atoms with Crippen LogP contribution < -0.4 is 5.32 Å². The molecule has 0 atom stereocenters. The summed E-state index contributed by atoms with van der Waals surface area (Å²) in [5.74, 6) is 1.07. The molecule has 1 aromatic rings. The fourth-order valence-electron chi connectivity index (χ4n) is 2.26. The Labute approximate surface area is 99.3 Å². The highest BCUT2D eigenvalue weighted by Crippen LogP contribution is 2.33. The van der Waals surface area contributed by atoms with Gasteiger partial charge in [-0.2, -0.15) is 0 Å². The lowest BCUT2D eigenvalue weighted by molar-refractivity contribution is 0.592. The van der Waals surface area contributed by atoms with E-state index in [0.29, 0.717) is 0 Å². The Morgan fingerprint density at radius 2 is 1.88 bits per heavy atom. The third kappa shape index (κ3) is 3.34. The van der Waals surface area contributed by atoms with Gasteiger partial charge >= 0.3 is 0 Å². The highest BCUT2D eigenvalue weighted by molar-refractivity contribution is 5.33. The Bertz CT molecular complexity index is 319. The zero-order chi connectivity index (χ0) is 11.4. The fourth-order valence-corrected chi connectivity index (χ4v) is 2.26. The maximum absolute atomic E-state index is 3.57. The Hall–Kier alpha value is -0.820. The van der Waals surface area contributed by atoms with E-state index in [9.17, 15) is 0 Å². The van der Waals surface area contributed by atoms with E-state index >= 15 is 0 Å². The molecule has 1 aliphatic rings. The van der Waals surface area contributed by atoms with Gasteiger partial charge in [-0.1, -0.05) is 31.0 Å². The summed E-state index contributed by atoms with van der Waals surface area (Å²) in [4.78, 5) is 0. The van der Waals surface area contributed by atoms with Gasteiger partial charge < -0.3 is 5.32 Å². The largest absolute Gasteiger partial charge is 0.313 e. The Kier molecular flexibility index (Phi) is 4.00. The van der Waals surface area contributed by atoms with Crippen molar-refractivity contribution < 1.29 is 0 Å². The molecule has 0 radical (unpaired) electrons. The lowest BCUT2D eigenvalue weighted by atomic mass is 10.0. The van der Waals surface area contributed by atoms with Crippen LogP contribution in [0.4, 0.5) is 0 Å². The number of benzene rings is 1. The van der Waals surface area contributed by atoms with E-state index in [0.717, 1.165) is 12.5 Å². The molecule has 1 aliphatic carbocycles. The summed E-state index contributed by atoms with van der Waals surface area (Å²) in [5.41, 5.74) is 4.30. The van der Waals surface area contributed by atoms with Crippen LogP contribution in [0, 0.1) is 19.8 Å². The molecule has 0 aromatic heterocycles. The molecule has 0 unspecified atom stereocenters. The quantitative estimate of drug-likeness (QED) is 0.718. The molecule has 1 nitrogen and oxygen atoms in total. The molecule has 1 fully saturated rings. The number of aryl methyl sites for hydroxylation is 2. The van der Waals surface area contributed by atoms with Gasteiger partial charge in [0.1, 0.15) is 0 Å². The Morgan fingerprint density at radius 1 is 1.19 bits per heavy atom. The molecule has 0 heterocycles. The summed E-state index contributed by atoms with van der Waals surface area (Å²) in [6.07, 6.45) is 5.74. The molecule has 0 spiro atoms. The van der Waals surface area contributed by atoms with E-state index < -0.39 is 0 Å². The third-order valence-corrected chi connectivity index (χ3v) is 3.61. The van der Waals surface area contributed by atoms with Crippen molar-refractivity contribution in [2.75, 3.05) is 6.54 Å². The van der Waals surface area contributed by atoms with E-state index in [1.54, 1.807) is 0 Å². The zero-order valence-corrected chi connectivity index (χ0v) is 10.6. The zero-order valence-electron chi connectivity index (χ0n) is 10.6. The third-order valence-electron chi connectivity index (χ3n) is 3.61. The Morgan fingerprint density at radius 3 is 2.50 bits per heavy atom. The average Bonchev–Trinajstić information content (AvgIpc) is 3.05. The number of hydrogen-bond acceptors (Lipinski definition) is 1. The second-order valence-corrected chi connectivity index (χ2v) is 5.13. The van der Waals surface area contributed by atoms with Gasteiger partial charge in [-0.3, -0.25) is 0 Å². The minimum Gasteiger partial charge on any atom is -0.313 e. The van der Waals surface area contributed by atoms with Gasteiger partial charge in [-0.05, 0) is 55.8 Å². The molecule has 2 rings (SSSR count). The van der Waals surface area contributed by atoms with Crippen LogP contribution in [0.1, 0.15) is 42.4 Å². The maximum Gasteiger partial charge on any atom is 0.0210 e. The lowest BCUT2D eigenvalue weighted by Gasteiger charge is -2.10. The summed E-state index contributed by atoms with van der Waals surface area (Å²) in [6, 6.07) is 6.55. The van der Waals surface area contributed by atoms with Crippen molar-refractivity contribution in [2.24, 2.45) is 5.92 Å². The normalized spacial score (nSPS) is 15.4. The van der Waals surface area contributed by atoms with Crippen LogP contribution >= 0.6 is 0 Å². The predicted octanol–water partition coefficient (Wildman–Crippen LogP) is 3.58. The van der Waals surface area contributed by atoms with Crippen molar-refractivity contribution in [3.63, 3.8) is 0 Å². The van der Waals surface area contributed by atoms with Crippen molar-refractivity contribution >= 4 is 0 Å². The van der Waals surface area contributed by atoms with E-state index in [4.69, 9.17) is 0 Å². The molecule has 0 saturated heterocycles. The molecule has 1 N–H and O–H groups in total. The second-order valence-electron chi connectivity index (χ2n) is 5.13. The first-order chi connectivity index (χ1) is 7.77. The maximum atomic E-state index is 3.57. The van der Waals surface area contributed by atoms with Crippen molar-refractivity contribution in [1.82, 2.24) is 5.32 Å². The van der Waals surface area contributed by atoms with E-state index in [1.807, 2.05) is 0 Å². The Balaban J connectivity index is 1.71. The molecule has 1 heteroatoms. The minimum atomic E-state index is 1.03. The van der Waals surface area contributed by atoms with Crippen LogP contribution in [0.25, 0.3) is 0 Å². The number of hydrogen-bond donors (Lipinski definition) is 1.